The van der Waals surface area contributed by atoms with E-state index in [4.69, 9.17) is 11.6 Å². The van der Waals surface area contributed by atoms with Crippen LogP contribution in [0.3, 0.4) is 0 Å². The zero-order valence-electron chi connectivity index (χ0n) is 16.5. The van der Waals surface area contributed by atoms with Crippen molar-refractivity contribution in [3.63, 3.8) is 0 Å². The number of benzene rings is 2. The van der Waals surface area contributed by atoms with Crippen molar-refractivity contribution in [3.8, 4) is 0 Å². The Hall–Kier alpha value is -2.37. The molecule has 2 aromatic rings. The highest BCUT2D eigenvalue weighted by molar-refractivity contribution is 6.31. The van der Waals surface area contributed by atoms with E-state index in [2.05, 4.69) is 29.2 Å². The molecule has 2 heterocycles. The Morgan fingerprint density at radius 2 is 1.76 bits per heavy atom. The molecule has 2 saturated heterocycles. The first-order valence-electron chi connectivity index (χ1n) is 10.3. The van der Waals surface area contributed by atoms with Crippen LogP contribution >= 0.6 is 11.6 Å². The summed E-state index contributed by atoms with van der Waals surface area (Å²) in [7, 11) is 0. The monoisotopic (exact) mass is 411 g/mol. The van der Waals surface area contributed by atoms with Crippen molar-refractivity contribution in [1.29, 1.82) is 0 Å². The van der Waals surface area contributed by atoms with Gasteiger partial charge in [0.1, 0.15) is 0 Å². The molecule has 4 rings (SSSR count). The summed E-state index contributed by atoms with van der Waals surface area (Å²) in [4.78, 5) is 31.6. The third-order valence-corrected chi connectivity index (χ3v) is 5.91. The molecule has 2 amide bonds. The zero-order chi connectivity index (χ0) is 20.2. The Labute approximate surface area is 176 Å². The number of hydrogen-bond acceptors (Lipinski definition) is 3. The van der Waals surface area contributed by atoms with Crippen molar-refractivity contribution in [3.05, 3.63) is 64.7 Å². The average molecular weight is 412 g/mol. The summed E-state index contributed by atoms with van der Waals surface area (Å²) in [6, 6.07) is 15.7. The summed E-state index contributed by atoms with van der Waals surface area (Å²) >= 11 is 6.19. The van der Waals surface area contributed by atoms with Crippen molar-refractivity contribution >= 4 is 29.1 Å². The maximum atomic E-state index is 13.3. The SMILES string of the molecule is O=C(c1ccc(Cl)cc1N1CCCC1=O)N1CCCN(Cc2ccccc2)CC1. The highest BCUT2D eigenvalue weighted by Gasteiger charge is 2.28. The number of anilines is 1. The zero-order valence-corrected chi connectivity index (χ0v) is 17.3. The van der Waals surface area contributed by atoms with Crippen LogP contribution in [-0.4, -0.2) is 54.3 Å². The molecule has 2 aliphatic rings. The van der Waals surface area contributed by atoms with Crippen LogP contribution in [0.1, 0.15) is 35.2 Å². The van der Waals surface area contributed by atoms with Gasteiger partial charge in [0.25, 0.3) is 5.91 Å². The normalized spacial score (nSPS) is 18.2. The maximum Gasteiger partial charge on any atom is 0.256 e. The van der Waals surface area contributed by atoms with Gasteiger partial charge in [-0.25, -0.2) is 0 Å². The van der Waals surface area contributed by atoms with Crippen LogP contribution < -0.4 is 4.90 Å². The van der Waals surface area contributed by atoms with E-state index in [0.29, 0.717) is 35.8 Å². The van der Waals surface area contributed by atoms with Gasteiger partial charge >= 0.3 is 0 Å². The van der Waals surface area contributed by atoms with Gasteiger partial charge in [0.2, 0.25) is 5.91 Å². The number of amides is 2. The van der Waals surface area contributed by atoms with E-state index in [1.54, 1.807) is 23.1 Å². The molecule has 152 valence electrons. The third-order valence-electron chi connectivity index (χ3n) is 5.68. The second-order valence-corrected chi connectivity index (χ2v) is 8.15. The Morgan fingerprint density at radius 3 is 2.52 bits per heavy atom. The van der Waals surface area contributed by atoms with E-state index in [9.17, 15) is 9.59 Å². The first kappa shape index (κ1) is 19.9. The fourth-order valence-electron chi connectivity index (χ4n) is 4.16. The minimum atomic E-state index is -0.0158. The number of hydrogen-bond donors (Lipinski definition) is 0. The number of carbonyl (C=O) groups excluding carboxylic acids is 2. The minimum absolute atomic E-state index is 0.0158. The molecular weight excluding hydrogens is 386 g/mol. The quantitative estimate of drug-likeness (QED) is 0.768. The molecule has 6 heteroatoms. The van der Waals surface area contributed by atoms with E-state index in [1.807, 2.05) is 11.0 Å². The molecule has 0 saturated carbocycles. The largest absolute Gasteiger partial charge is 0.337 e. The van der Waals surface area contributed by atoms with Crippen molar-refractivity contribution < 1.29 is 9.59 Å². The van der Waals surface area contributed by atoms with E-state index in [0.717, 1.165) is 39.0 Å². The highest BCUT2D eigenvalue weighted by atomic mass is 35.5. The Balaban J connectivity index is 1.48. The predicted octanol–water partition coefficient (Wildman–Crippen LogP) is 3.81. The summed E-state index contributed by atoms with van der Waals surface area (Å²) in [5, 5.41) is 0.543. The van der Waals surface area contributed by atoms with Crippen molar-refractivity contribution in [1.82, 2.24) is 9.80 Å². The molecule has 0 spiro atoms. The van der Waals surface area contributed by atoms with Gasteiger partial charge in [-0.2, -0.15) is 0 Å². The summed E-state index contributed by atoms with van der Waals surface area (Å²) in [6.07, 6.45) is 2.28. The van der Waals surface area contributed by atoms with Crippen LogP contribution in [-0.2, 0) is 11.3 Å². The molecule has 29 heavy (non-hydrogen) atoms. The molecule has 0 aliphatic carbocycles. The fourth-order valence-corrected chi connectivity index (χ4v) is 4.32. The molecule has 5 nitrogen and oxygen atoms in total. The minimum Gasteiger partial charge on any atom is -0.337 e. The standard InChI is InChI=1S/C23H26ClN3O2/c24-19-9-10-20(21(16-19)27-13-4-8-22(27)28)23(29)26-12-5-11-25(14-15-26)17-18-6-2-1-3-7-18/h1-3,6-7,9-10,16H,4-5,8,11-15,17H2. The highest BCUT2D eigenvalue weighted by Crippen LogP contribution is 2.30. The molecule has 0 bridgehead atoms. The van der Waals surface area contributed by atoms with Crippen molar-refractivity contribution in [2.75, 3.05) is 37.6 Å². The second-order valence-electron chi connectivity index (χ2n) is 7.72. The van der Waals surface area contributed by atoms with Gasteiger partial charge in [-0.15, -0.1) is 0 Å². The molecule has 0 unspecified atom stereocenters. The molecule has 2 aromatic carbocycles. The van der Waals surface area contributed by atoms with Gasteiger partial charge in [-0.1, -0.05) is 41.9 Å². The van der Waals surface area contributed by atoms with Crippen LogP contribution in [0, 0.1) is 0 Å². The lowest BCUT2D eigenvalue weighted by atomic mass is 10.1. The summed E-state index contributed by atoms with van der Waals surface area (Å²) < 4.78 is 0. The van der Waals surface area contributed by atoms with Gasteiger partial charge < -0.3 is 9.80 Å². The maximum absolute atomic E-state index is 13.3. The van der Waals surface area contributed by atoms with Gasteiger partial charge in [-0.05, 0) is 36.6 Å². The summed E-state index contributed by atoms with van der Waals surface area (Å²) in [5.74, 6) is 0.0455. The van der Waals surface area contributed by atoms with E-state index in [-0.39, 0.29) is 11.8 Å². The number of carbonyl (C=O) groups is 2. The van der Waals surface area contributed by atoms with Crippen LogP contribution in [0.2, 0.25) is 5.02 Å². The van der Waals surface area contributed by atoms with Crippen LogP contribution in [0.25, 0.3) is 0 Å². The molecule has 0 aromatic heterocycles. The Bertz CT molecular complexity index is 887. The molecular formula is C23H26ClN3O2. The fraction of sp³-hybridized carbons (Fsp3) is 0.391. The molecule has 2 fully saturated rings. The van der Waals surface area contributed by atoms with Crippen molar-refractivity contribution in [2.24, 2.45) is 0 Å². The van der Waals surface area contributed by atoms with Gasteiger partial charge in [-0.3, -0.25) is 14.5 Å². The lowest BCUT2D eigenvalue weighted by molar-refractivity contribution is -0.117. The smallest absolute Gasteiger partial charge is 0.256 e. The summed E-state index contributed by atoms with van der Waals surface area (Å²) in [5.41, 5.74) is 2.51. The van der Waals surface area contributed by atoms with E-state index >= 15 is 0 Å². The number of rotatable bonds is 4. The lowest BCUT2D eigenvalue weighted by Gasteiger charge is -2.25. The Morgan fingerprint density at radius 1 is 0.931 bits per heavy atom. The van der Waals surface area contributed by atoms with Gasteiger partial charge in [0.15, 0.2) is 0 Å². The van der Waals surface area contributed by atoms with Crippen LogP contribution in [0.5, 0.6) is 0 Å². The first-order valence-corrected chi connectivity index (χ1v) is 10.6. The molecule has 2 aliphatic heterocycles. The van der Waals surface area contributed by atoms with E-state index in [1.165, 1.54) is 5.56 Å². The molecule has 0 N–H and O–H groups in total. The predicted molar refractivity (Wildman–Crippen MR) is 115 cm³/mol. The van der Waals surface area contributed by atoms with Gasteiger partial charge in [0, 0.05) is 50.7 Å². The average Bonchev–Trinajstić information content (AvgIpc) is 3.02. The third kappa shape index (κ3) is 4.62. The van der Waals surface area contributed by atoms with Crippen LogP contribution in [0.15, 0.2) is 48.5 Å². The number of nitrogens with zero attached hydrogens (tertiary/aromatic N) is 3. The van der Waals surface area contributed by atoms with Gasteiger partial charge in [0.05, 0.1) is 11.3 Å². The van der Waals surface area contributed by atoms with E-state index < -0.39 is 0 Å². The Kier molecular flexibility index (Phi) is 6.16. The lowest BCUT2D eigenvalue weighted by Crippen LogP contribution is -2.36. The number of halogens is 1. The first-order chi connectivity index (χ1) is 14.1. The summed E-state index contributed by atoms with van der Waals surface area (Å²) in [6.45, 7) is 4.76. The molecule has 0 atom stereocenters. The second kappa shape index (κ2) is 8.97. The van der Waals surface area contributed by atoms with Crippen molar-refractivity contribution in [2.45, 2.75) is 25.8 Å². The topological polar surface area (TPSA) is 43.9 Å². The molecule has 0 radical (unpaired) electrons. The van der Waals surface area contributed by atoms with Crippen LogP contribution in [0.4, 0.5) is 5.69 Å².